The van der Waals surface area contributed by atoms with Gasteiger partial charge in [0.2, 0.25) is 0 Å². The van der Waals surface area contributed by atoms with Gasteiger partial charge in [-0.25, -0.2) is 19.9 Å². The van der Waals surface area contributed by atoms with Crippen molar-refractivity contribution in [2.75, 3.05) is 5.73 Å². The number of hydrogen-bond acceptors (Lipinski definition) is 6. The standard InChI is InChI=1S/C13H11N5S/c1-8-5-15-13(16-6-8)19-12-10-4-9(14)2-3-11(10)17-7-18-12/h2-7H,14H2,1H3. The number of aryl methyl sites for hydroxylation is 1. The van der Waals surface area contributed by atoms with Crippen LogP contribution >= 0.6 is 11.8 Å². The molecule has 0 aliphatic carbocycles. The van der Waals surface area contributed by atoms with Crippen LogP contribution in [-0.4, -0.2) is 19.9 Å². The monoisotopic (exact) mass is 269 g/mol. The molecule has 1 aromatic carbocycles. The summed E-state index contributed by atoms with van der Waals surface area (Å²) in [5.41, 5.74) is 8.39. The first-order valence-electron chi connectivity index (χ1n) is 5.69. The number of anilines is 1. The largest absolute Gasteiger partial charge is 0.399 e. The topological polar surface area (TPSA) is 77.6 Å². The Kier molecular flexibility index (Phi) is 3.00. The van der Waals surface area contributed by atoms with Crippen LogP contribution < -0.4 is 5.73 Å². The number of hydrogen-bond donors (Lipinski definition) is 1. The number of nitrogens with zero attached hydrogens (tertiary/aromatic N) is 4. The third-order valence-corrected chi connectivity index (χ3v) is 3.48. The Bertz CT molecular complexity index is 727. The van der Waals surface area contributed by atoms with Crippen molar-refractivity contribution in [3.63, 3.8) is 0 Å². The molecule has 0 atom stereocenters. The van der Waals surface area contributed by atoms with E-state index in [4.69, 9.17) is 5.73 Å². The summed E-state index contributed by atoms with van der Waals surface area (Å²) in [4.78, 5) is 17.0. The second kappa shape index (κ2) is 4.81. The van der Waals surface area contributed by atoms with Gasteiger partial charge in [-0.3, -0.25) is 0 Å². The first-order valence-corrected chi connectivity index (χ1v) is 6.51. The number of benzene rings is 1. The molecule has 0 fully saturated rings. The van der Waals surface area contributed by atoms with Gasteiger partial charge in [0.05, 0.1) is 5.52 Å². The molecule has 0 saturated carbocycles. The van der Waals surface area contributed by atoms with Crippen LogP contribution in [0.2, 0.25) is 0 Å². The van der Waals surface area contributed by atoms with E-state index in [-0.39, 0.29) is 0 Å². The maximum Gasteiger partial charge on any atom is 0.193 e. The molecule has 2 heterocycles. The molecule has 2 aromatic heterocycles. The van der Waals surface area contributed by atoms with Gasteiger partial charge in [0, 0.05) is 23.5 Å². The Hall–Kier alpha value is -2.21. The van der Waals surface area contributed by atoms with Crippen molar-refractivity contribution in [2.45, 2.75) is 17.1 Å². The fraction of sp³-hybridized carbons (Fsp3) is 0.0769. The van der Waals surface area contributed by atoms with E-state index < -0.39 is 0 Å². The highest BCUT2D eigenvalue weighted by molar-refractivity contribution is 7.99. The molecule has 0 unspecified atom stereocenters. The molecule has 3 rings (SSSR count). The van der Waals surface area contributed by atoms with Gasteiger partial charge in [0.15, 0.2) is 5.16 Å². The Morgan fingerprint density at radius 3 is 2.63 bits per heavy atom. The second-order valence-electron chi connectivity index (χ2n) is 4.10. The van der Waals surface area contributed by atoms with E-state index in [9.17, 15) is 0 Å². The summed E-state index contributed by atoms with van der Waals surface area (Å²) in [6.07, 6.45) is 5.11. The molecule has 0 spiro atoms. The van der Waals surface area contributed by atoms with Crippen LogP contribution in [0.15, 0.2) is 47.1 Å². The van der Waals surface area contributed by atoms with Gasteiger partial charge in [0.25, 0.3) is 0 Å². The van der Waals surface area contributed by atoms with Gasteiger partial charge < -0.3 is 5.73 Å². The molecule has 0 bridgehead atoms. The molecule has 5 nitrogen and oxygen atoms in total. The van der Waals surface area contributed by atoms with Crippen LogP contribution in [0.4, 0.5) is 5.69 Å². The summed E-state index contributed by atoms with van der Waals surface area (Å²) < 4.78 is 0. The van der Waals surface area contributed by atoms with Crippen molar-refractivity contribution in [3.05, 3.63) is 42.5 Å². The van der Waals surface area contributed by atoms with Crippen LogP contribution in [0.1, 0.15) is 5.56 Å². The smallest absolute Gasteiger partial charge is 0.193 e. The zero-order valence-electron chi connectivity index (χ0n) is 10.2. The minimum atomic E-state index is 0.660. The first-order chi connectivity index (χ1) is 9.22. The molecule has 3 aromatic rings. The predicted octanol–water partition coefficient (Wildman–Crippen LogP) is 2.46. The molecule has 0 saturated heterocycles. The number of aromatic nitrogens is 4. The third-order valence-electron chi connectivity index (χ3n) is 2.57. The molecular weight excluding hydrogens is 258 g/mol. The van der Waals surface area contributed by atoms with Crippen molar-refractivity contribution in [2.24, 2.45) is 0 Å². The molecule has 2 N–H and O–H groups in total. The van der Waals surface area contributed by atoms with Crippen molar-refractivity contribution >= 4 is 28.4 Å². The summed E-state index contributed by atoms with van der Waals surface area (Å²) in [5.74, 6) is 0. The normalized spacial score (nSPS) is 10.8. The van der Waals surface area contributed by atoms with E-state index in [1.54, 1.807) is 12.4 Å². The van der Waals surface area contributed by atoms with Crippen LogP contribution in [0.3, 0.4) is 0 Å². The average Bonchev–Trinajstić information content (AvgIpc) is 2.42. The van der Waals surface area contributed by atoms with Gasteiger partial charge in [-0.2, -0.15) is 0 Å². The maximum atomic E-state index is 5.81. The zero-order chi connectivity index (χ0) is 13.2. The van der Waals surface area contributed by atoms with E-state index in [2.05, 4.69) is 19.9 Å². The fourth-order valence-electron chi connectivity index (χ4n) is 1.65. The fourth-order valence-corrected chi connectivity index (χ4v) is 2.41. The molecule has 94 valence electrons. The van der Waals surface area contributed by atoms with Gasteiger partial charge in [-0.15, -0.1) is 0 Å². The summed E-state index contributed by atoms with van der Waals surface area (Å²) in [5, 5.41) is 2.38. The van der Waals surface area contributed by atoms with Crippen molar-refractivity contribution in [1.29, 1.82) is 0 Å². The Labute approximate surface area is 114 Å². The minimum absolute atomic E-state index is 0.660. The van der Waals surface area contributed by atoms with Gasteiger partial charge in [0.1, 0.15) is 11.4 Å². The van der Waals surface area contributed by atoms with E-state index in [1.165, 1.54) is 18.1 Å². The highest BCUT2D eigenvalue weighted by Gasteiger charge is 2.07. The number of nitrogens with two attached hydrogens (primary N) is 1. The zero-order valence-corrected chi connectivity index (χ0v) is 11.1. The predicted molar refractivity (Wildman–Crippen MR) is 74.8 cm³/mol. The Morgan fingerprint density at radius 1 is 1.05 bits per heavy atom. The number of nitrogen functional groups attached to an aromatic ring is 1. The van der Waals surface area contributed by atoms with Gasteiger partial charge >= 0.3 is 0 Å². The Morgan fingerprint density at radius 2 is 1.84 bits per heavy atom. The average molecular weight is 269 g/mol. The lowest BCUT2D eigenvalue weighted by Crippen LogP contribution is -1.92. The molecule has 19 heavy (non-hydrogen) atoms. The molecule has 0 aliphatic heterocycles. The van der Waals surface area contributed by atoms with E-state index in [0.29, 0.717) is 10.8 Å². The molecular formula is C13H11N5S. The third kappa shape index (κ3) is 2.48. The van der Waals surface area contributed by atoms with Crippen LogP contribution in [-0.2, 0) is 0 Å². The first kappa shape index (κ1) is 11.9. The van der Waals surface area contributed by atoms with Crippen LogP contribution in [0, 0.1) is 6.92 Å². The highest BCUT2D eigenvalue weighted by Crippen LogP contribution is 2.29. The molecule has 0 radical (unpaired) electrons. The summed E-state index contributed by atoms with van der Waals surface area (Å²) >= 11 is 1.41. The van der Waals surface area contributed by atoms with Gasteiger partial charge in [-0.1, -0.05) is 0 Å². The SMILES string of the molecule is Cc1cnc(Sc2ncnc3ccc(N)cc23)nc1. The maximum absolute atomic E-state index is 5.81. The molecule has 0 amide bonds. The lowest BCUT2D eigenvalue weighted by atomic mass is 10.2. The van der Waals surface area contributed by atoms with Crippen molar-refractivity contribution in [3.8, 4) is 0 Å². The van der Waals surface area contributed by atoms with E-state index in [0.717, 1.165) is 21.5 Å². The van der Waals surface area contributed by atoms with Crippen molar-refractivity contribution in [1.82, 2.24) is 19.9 Å². The van der Waals surface area contributed by atoms with Crippen LogP contribution in [0.5, 0.6) is 0 Å². The molecule has 0 aliphatic rings. The molecule has 6 heteroatoms. The summed E-state index contributed by atoms with van der Waals surface area (Å²) in [6, 6.07) is 5.57. The van der Waals surface area contributed by atoms with Crippen LogP contribution in [0.25, 0.3) is 10.9 Å². The summed E-state index contributed by atoms with van der Waals surface area (Å²) in [6.45, 7) is 1.95. The summed E-state index contributed by atoms with van der Waals surface area (Å²) in [7, 11) is 0. The van der Waals surface area contributed by atoms with E-state index in [1.807, 2.05) is 25.1 Å². The van der Waals surface area contributed by atoms with Crippen molar-refractivity contribution < 1.29 is 0 Å². The number of rotatable bonds is 2. The highest BCUT2D eigenvalue weighted by atomic mass is 32.2. The van der Waals surface area contributed by atoms with E-state index >= 15 is 0 Å². The lowest BCUT2D eigenvalue weighted by molar-refractivity contribution is 0.945. The second-order valence-corrected chi connectivity index (χ2v) is 5.06. The Balaban J connectivity index is 2.05. The number of fused-ring (bicyclic) bond motifs is 1. The van der Waals surface area contributed by atoms with Gasteiger partial charge in [-0.05, 0) is 42.4 Å². The quantitative estimate of drug-likeness (QED) is 0.437. The minimum Gasteiger partial charge on any atom is -0.399 e. The lowest BCUT2D eigenvalue weighted by Gasteiger charge is -2.04.